The van der Waals surface area contributed by atoms with Gasteiger partial charge in [0.2, 0.25) is 0 Å². The molecule has 0 atom stereocenters. The molecule has 0 saturated carbocycles. The highest BCUT2D eigenvalue weighted by Gasteiger charge is 2.29. The van der Waals surface area contributed by atoms with Gasteiger partial charge >= 0.3 is 12.3 Å². The van der Waals surface area contributed by atoms with Gasteiger partial charge in [0.05, 0.1) is 11.9 Å². The average Bonchev–Trinajstić information content (AvgIpc) is 2.39. The molecule has 0 aliphatic rings. The lowest BCUT2D eigenvalue weighted by Gasteiger charge is -2.19. The van der Waals surface area contributed by atoms with Crippen LogP contribution in [-0.2, 0) is 11.3 Å². The Hall–Kier alpha value is -1.93. The number of carbonyl (C=O) groups excluding carboxylic acids is 1. The molecule has 3 N–H and O–H groups in total. The molecule has 0 fully saturated rings. The van der Waals surface area contributed by atoms with Gasteiger partial charge in [-0.1, -0.05) is 0 Å². The minimum Gasteiger partial charge on any atom is -0.444 e. The first-order valence-corrected chi connectivity index (χ1v) is 5.36. The third-order valence-corrected chi connectivity index (χ3v) is 1.75. The molecule has 1 rings (SSSR count). The maximum atomic E-state index is 12.2. The summed E-state index contributed by atoms with van der Waals surface area (Å²) in [5, 5.41) is 5.71. The first-order valence-electron chi connectivity index (χ1n) is 5.36. The van der Waals surface area contributed by atoms with E-state index in [1.165, 1.54) is 0 Å². The number of nitrogens with one attached hydrogen (secondary N) is 1. The Morgan fingerprint density at radius 2 is 2.05 bits per heavy atom. The summed E-state index contributed by atoms with van der Waals surface area (Å²) in [6.07, 6.45) is -4.27. The van der Waals surface area contributed by atoms with E-state index < -0.39 is 24.4 Å². The van der Waals surface area contributed by atoms with E-state index in [-0.39, 0.29) is 11.5 Å². The van der Waals surface area contributed by atoms with Gasteiger partial charge < -0.3 is 10.5 Å². The summed E-state index contributed by atoms with van der Waals surface area (Å²) in [6.45, 7) is 3.67. The van der Waals surface area contributed by atoms with Gasteiger partial charge in [-0.25, -0.2) is 4.79 Å². The highest BCUT2D eigenvalue weighted by atomic mass is 19.4. The minimum atomic E-state index is -4.42. The molecule has 0 bridgehead atoms. The van der Waals surface area contributed by atoms with E-state index >= 15 is 0 Å². The average molecular weight is 280 g/mol. The van der Waals surface area contributed by atoms with Crippen LogP contribution < -0.4 is 11.1 Å². The summed E-state index contributed by atoms with van der Waals surface area (Å²) in [5.41, 5.74) is 4.65. The molecule has 1 heterocycles. The van der Waals surface area contributed by atoms with Crippen LogP contribution in [0.3, 0.4) is 0 Å². The fourth-order valence-corrected chi connectivity index (χ4v) is 1.20. The Morgan fingerprint density at radius 1 is 1.47 bits per heavy atom. The summed E-state index contributed by atoms with van der Waals surface area (Å²) in [4.78, 5) is 11.4. The Balaban J connectivity index is 2.72. The maximum Gasteiger partial charge on any atom is 0.413 e. The van der Waals surface area contributed by atoms with E-state index in [4.69, 9.17) is 10.5 Å². The Morgan fingerprint density at radius 3 is 2.53 bits per heavy atom. The monoisotopic (exact) mass is 280 g/mol. The van der Waals surface area contributed by atoms with Gasteiger partial charge in [-0.15, -0.1) is 0 Å². The van der Waals surface area contributed by atoms with Crippen molar-refractivity contribution in [3.05, 3.63) is 6.20 Å². The van der Waals surface area contributed by atoms with Crippen LogP contribution in [0.4, 0.5) is 29.5 Å². The maximum absolute atomic E-state index is 12.2. The molecule has 0 saturated heterocycles. The van der Waals surface area contributed by atoms with Gasteiger partial charge in [0.25, 0.3) is 0 Å². The summed E-state index contributed by atoms with van der Waals surface area (Å²) in [7, 11) is 0. The first kappa shape index (κ1) is 15.1. The standard InChI is InChI=1S/C10H15F3N4O2/c1-9(2,3)19-8(18)15-7-6(14)4-17(16-7)5-10(11,12)13/h4H,5,14H2,1-3H3,(H,15,16,18). The number of aromatic nitrogens is 2. The number of anilines is 2. The number of rotatable bonds is 2. The summed E-state index contributed by atoms with van der Waals surface area (Å²) in [6, 6.07) is 0. The number of alkyl halides is 3. The molecule has 0 unspecified atom stereocenters. The summed E-state index contributed by atoms with van der Waals surface area (Å²) >= 11 is 0. The van der Waals surface area contributed by atoms with Gasteiger partial charge in [-0.2, -0.15) is 18.3 Å². The molecule has 0 aromatic carbocycles. The van der Waals surface area contributed by atoms with Crippen LogP contribution in [0.15, 0.2) is 6.20 Å². The Labute approximate surface area is 107 Å². The number of hydrogen-bond acceptors (Lipinski definition) is 4. The van der Waals surface area contributed by atoms with Gasteiger partial charge in [-0.3, -0.25) is 10.00 Å². The second kappa shape index (κ2) is 4.98. The molecule has 9 heteroatoms. The van der Waals surface area contributed by atoms with Crippen LogP contribution in [-0.4, -0.2) is 27.7 Å². The Kier molecular flexibility index (Phi) is 3.97. The number of halogens is 3. The van der Waals surface area contributed by atoms with Crippen molar-refractivity contribution in [2.24, 2.45) is 0 Å². The van der Waals surface area contributed by atoms with Crippen molar-refractivity contribution in [3.63, 3.8) is 0 Å². The van der Waals surface area contributed by atoms with Crippen molar-refractivity contribution in [2.45, 2.75) is 39.1 Å². The van der Waals surface area contributed by atoms with Crippen LogP contribution >= 0.6 is 0 Å². The van der Waals surface area contributed by atoms with Gasteiger partial charge in [-0.05, 0) is 20.8 Å². The molecule has 1 aromatic heterocycles. The summed E-state index contributed by atoms with van der Waals surface area (Å²) < 4.78 is 42.0. The molecule has 0 aliphatic carbocycles. The van der Waals surface area contributed by atoms with Crippen molar-refractivity contribution in [1.29, 1.82) is 0 Å². The zero-order valence-corrected chi connectivity index (χ0v) is 10.7. The normalized spacial score (nSPS) is 12.3. The molecule has 0 spiro atoms. The highest BCUT2D eigenvalue weighted by Crippen LogP contribution is 2.21. The second-order valence-corrected chi connectivity index (χ2v) is 4.87. The van der Waals surface area contributed by atoms with Crippen LogP contribution in [0.1, 0.15) is 20.8 Å². The van der Waals surface area contributed by atoms with Crippen LogP contribution in [0.2, 0.25) is 0 Å². The number of nitrogen functional groups attached to an aromatic ring is 1. The molecule has 0 aliphatic heterocycles. The van der Waals surface area contributed by atoms with E-state index in [9.17, 15) is 18.0 Å². The molecule has 6 nitrogen and oxygen atoms in total. The van der Waals surface area contributed by atoms with Gasteiger partial charge in [0.15, 0.2) is 5.82 Å². The van der Waals surface area contributed by atoms with Crippen LogP contribution in [0, 0.1) is 0 Å². The molecular formula is C10H15F3N4O2. The van der Waals surface area contributed by atoms with Crippen molar-refractivity contribution in [1.82, 2.24) is 9.78 Å². The van der Waals surface area contributed by atoms with E-state index in [0.29, 0.717) is 4.68 Å². The number of nitrogens with zero attached hydrogens (tertiary/aromatic N) is 2. The van der Waals surface area contributed by atoms with Crippen molar-refractivity contribution < 1.29 is 22.7 Å². The number of nitrogens with two attached hydrogens (primary N) is 1. The van der Waals surface area contributed by atoms with Gasteiger partial charge in [0, 0.05) is 0 Å². The molecule has 1 amide bonds. The van der Waals surface area contributed by atoms with E-state index in [1.54, 1.807) is 20.8 Å². The zero-order chi connectivity index (χ0) is 14.8. The summed E-state index contributed by atoms with van der Waals surface area (Å²) in [5.74, 6) is -0.168. The van der Waals surface area contributed by atoms with Gasteiger partial charge in [0.1, 0.15) is 12.1 Å². The fourth-order valence-electron chi connectivity index (χ4n) is 1.20. The highest BCUT2D eigenvalue weighted by molar-refractivity contribution is 5.87. The number of carbonyl (C=O) groups is 1. The number of hydrogen-bond donors (Lipinski definition) is 2. The molecule has 108 valence electrons. The zero-order valence-electron chi connectivity index (χ0n) is 10.7. The number of ether oxygens (including phenoxy) is 1. The largest absolute Gasteiger partial charge is 0.444 e. The molecule has 1 aromatic rings. The Bertz CT molecular complexity index is 462. The SMILES string of the molecule is CC(C)(C)OC(=O)Nc1nn(CC(F)(F)F)cc1N. The minimum absolute atomic E-state index is 0.0740. The lowest BCUT2D eigenvalue weighted by atomic mass is 10.2. The topological polar surface area (TPSA) is 82.2 Å². The van der Waals surface area contributed by atoms with Crippen molar-refractivity contribution in [2.75, 3.05) is 11.1 Å². The van der Waals surface area contributed by atoms with Crippen molar-refractivity contribution >= 4 is 17.6 Å². The third-order valence-electron chi connectivity index (χ3n) is 1.75. The lowest BCUT2D eigenvalue weighted by molar-refractivity contribution is -0.142. The van der Waals surface area contributed by atoms with E-state index in [1.807, 2.05) is 0 Å². The lowest BCUT2D eigenvalue weighted by Crippen LogP contribution is -2.27. The smallest absolute Gasteiger partial charge is 0.413 e. The number of amides is 1. The third kappa shape index (κ3) is 5.49. The first-order chi connectivity index (χ1) is 8.46. The van der Waals surface area contributed by atoms with E-state index in [0.717, 1.165) is 6.20 Å². The van der Waals surface area contributed by atoms with Crippen molar-refractivity contribution in [3.8, 4) is 0 Å². The second-order valence-electron chi connectivity index (χ2n) is 4.87. The quantitative estimate of drug-likeness (QED) is 0.871. The van der Waals surface area contributed by atoms with E-state index in [2.05, 4.69) is 10.4 Å². The molecule has 0 radical (unpaired) electrons. The van der Waals surface area contributed by atoms with Crippen LogP contribution in [0.25, 0.3) is 0 Å². The fraction of sp³-hybridized carbons (Fsp3) is 0.600. The molecule has 19 heavy (non-hydrogen) atoms. The predicted molar refractivity (Wildman–Crippen MR) is 62.6 cm³/mol. The van der Waals surface area contributed by atoms with Crippen LogP contribution in [0.5, 0.6) is 0 Å². The molecular weight excluding hydrogens is 265 g/mol. The predicted octanol–water partition coefficient (Wildman–Crippen LogP) is 2.37.